The molecular formula is C11H12N2O3. The SMILES string of the molecule is NC(C(=O)O)C(O)c1ccc2[nH]ccc2c1. The molecule has 5 heteroatoms. The zero-order chi connectivity index (χ0) is 11.7. The first-order chi connectivity index (χ1) is 7.59. The van der Waals surface area contributed by atoms with Crippen molar-refractivity contribution in [2.75, 3.05) is 0 Å². The Labute approximate surface area is 91.5 Å². The van der Waals surface area contributed by atoms with Gasteiger partial charge in [-0.25, -0.2) is 0 Å². The van der Waals surface area contributed by atoms with Crippen LogP contribution in [0.2, 0.25) is 0 Å². The minimum Gasteiger partial charge on any atom is -0.480 e. The number of hydrogen-bond donors (Lipinski definition) is 4. The highest BCUT2D eigenvalue weighted by Gasteiger charge is 2.23. The van der Waals surface area contributed by atoms with Gasteiger partial charge in [0.2, 0.25) is 0 Å². The summed E-state index contributed by atoms with van der Waals surface area (Å²) in [5, 5.41) is 19.3. The number of carboxylic acids is 1. The molecule has 0 aliphatic rings. The van der Waals surface area contributed by atoms with Gasteiger partial charge in [0.15, 0.2) is 0 Å². The molecule has 0 saturated heterocycles. The van der Waals surface area contributed by atoms with Crippen molar-refractivity contribution in [3.8, 4) is 0 Å². The molecule has 0 saturated carbocycles. The lowest BCUT2D eigenvalue weighted by atomic mass is 10.0. The van der Waals surface area contributed by atoms with Crippen LogP contribution < -0.4 is 5.73 Å². The van der Waals surface area contributed by atoms with Crippen molar-refractivity contribution in [3.63, 3.8) is 0 Å². The molecule has 0 bridgehead atoms. The molecule has 84 valence electrons. The molecule has 0 aliphatic carbocycles. The normalized spacial score (nSPS) is 14.9. The summed E-state index contributed by atoms with van der Waals surface area (Å²) in [5.74, 6) is -1.22. The van der Waals surface area contributed by atoms with E-state index in [1.165, 1.54) is 0 Å². The monoisotopic (exact) mass is 220 g/mol. The lowest BCUT2D eigenvalue weighted by Crippen LogP contribution is -2.36. The van der Waals surface area contributed by atoms with Crippen LogP contribution in [0.15, 0.2) is 30.5 Å². The number of aromatic nitrogens is 1. The lowest BCUT2D eigenvalue weighted by Gasteiger charge is -2.15. The number of aliphatic hydroxyl groups is 1. The van der Waals surface area contributed by atoms with E-state index in [1.807, 2.05) is 6.07 Å². The van der Waals surface area contributed by atoms with E-state index >= 15 is 0 Å². The predicted molar refractivity (Wildman–Crippen MR) is 58.9 cm³/mol. The van der Waals surface area contributed by atoms with Crippen LogP contribution in [0.1, 0.15) is 11.7 Å². The molecule has 1 aromatic carbocycles. The fourth-order valence-electron chi connectivity index (χ4n) is 1.60. The second-order valence-electron chi connectivity index (χ2n) is 3.63. The number of fused-ring (bicyclic) bond motifs is 1. The fourth-order valence-corrected chi connectivity index (χ4v) is 1.60. The molecule has 0 radical (unpaired) electrons. The Morgan fingerprint density at radius 2 is 2.12 bits per heavy atom. The third-order valence-corrected chi connectivity index (χ3v) is 2.54. The van der Waals surface area contributed by atoms with Crippen molar-refractivity contribution < 1.29 is 15.0 Å². The number of rotatable bonds is 3. The summed E-state index contributed by atoms with van der Waals surface area (Å²) in [7, 11) is 0. The Kier molecular flexibility index (Phi) is 2.64. The number of nitrogens with one attached hydrogen (secondary N) is 1. The van der Waals surface area contributed by atoms with E-state index in [0.29, 0.717) is 5.56 Å². The summed E-state index contributed by atoms with van der Waals surface area (Å²) in [6.07, 6.45) is 0.578. The number of aliphatic carboxylic acids is 1. The van der Waals surface area contributed by atoms with Gasteiger partial charge in [-0.05, 0) is 29.1 Å². The van der Waals surface area contributed by atoms with Crippen molar-refractivity contribution in [1.82, 2.24) is 4.98 Å². The van der Waals surface area contributed by atoms with E-state index < -0.39 is 18.1 Å². The second kappa shape index (κ2) is 3.96. The van der Waals surface area contributed by atoms with Crippen LogP contribution in [0.4, 0.5) is 0 Å². The molecule has 0 aliphatic heterocycles. The van der Waals surface area contributed by atoms with E-state index in [4.69, 9.17) is 10.8 Å². The van der Waals surface area contributed by atoms with Gasteiger partial charge in [0.1, 0.15) is 12.1 Å². The average molecular weight is 220 g/mol. The molecule has 2 atom stereocenters. The van der Waals surface area contributed by atoms with Gasteiger partial charge in [-0.15, -0.1) is 0 Å². The number of carbonyl (C=O) groups is 1. The topological polar surface area (TPSA) is 99.3 Å². The summed E-state index contributed by atoms with van der Waals surface area (Å²) >= 11 is 0. The van der Waals surface area contributed by atoms with Crippen molar-refractivity contribution in [2.45, 2.75) is 12.1 Å². The summed E-state index contributed by atoms with van der Waals surface area (Å²) in [6, 6.07) is 5.70. The maximum Gasteiger partial charge on any atom is 0.323 e. The number of benzene rings is 1. The fraction of sp³-hybridized carbons (Fsp3) is 0.182. The highest BCUT2D eigenvalue weighted by molar-refractivity contribution is 5.80. The van der Waals surface area contributed by atoms with Gasteiger partial charge in [-0.3, -0.25) is 4.79 Å². The van der Waals surface area contributed by atoms with Crippen LogP contribution >= 0.6 is 0 Å². The summed E-state index contributed by atoms with van der Waals surface area (Å²) in [5.41, 5.74) is 6.79. The molecule has 2 unspecified atom stereocenters. The first-order valence-electron chi connectivity index (χ1n) is 4.83. The predicted octanol–water partition coefficient (Wildman–Crippen LogP) is 0.613. The van der Waals surface area contributed by atoms with Crippen LogP contribution in [-0.4, -0.2) is 27.2 Å². The van der Waals surface area contributed by atoms with Gasteiger partial charge in [0.05, 0.1) is 0 Å². The van der Waals surface area contributed by atoms with Crippen LogP contribution in [0.25, 0.3) is 10.9 Å². The maximum absolute atomic E-state index is 10.6. The summed E-state index contributed by atoms with van der Waals surface area (Å²) in [6.45, 7) is 0. The van der Waals surface area contributed by atoms with Crippen molar-refractivity contribution >= 4 is 16.9 Å². The van der Waals surface area contributed by atoms with Crippen molar-refractivity contribution in [2.24, 2.45) is 5.73 Å². The van der Waals surface area contributed by atoms with Gasteiger partial charge in [0, 0.05) is 11.7 Å². The molecule has 2 rings (SSSR count). The summed E-state index contributed by atoms with van der Waals surface area (Å²) in [4.78, 5) is 13.6. The minimum atomic E-state index is -1.31. The quantitative estimate of drug-likeness (QED) is 0.609. The first-order valence-corrected chi connectivity index (χ1v) is 4.83. The molecule has 5 nitrogen and oxygen atoms in total. The second-order valence-corrected chi connectivity index (χ2v) is 3.63. The molecular weight excluding hydrogens is 208 g/mol. The molecule has 1 heterocycles. The molecule has 2 aromatic rings. The Morgan fingerprint density at radius 1 is 1.38 bits per heavy atom. The molecule has 1 aromatic heterocycles. The van der Waals surface area contributed by atoms with Gasteiger partial charge in [0.25, 0.3) is 0 Å². The lowest BCUT2D eigenvalue weighted by molar-refractivity contribution is -0.141. The van der Waals surface area contributed by atoms with Crippen LogP contribution in [0.5, 0.6) is 0 Å². The van der Waals surface area contributed by atoms with E-state index in [2.05, 4.69) is 4.98 Å². The molecule has 0 amide bonds. The Morgan fingerprint density at radius 3 is 2.81 bits per heavy atom. The van der Waals surface area contributed by atoms with E-state index in [1.54, 1.807) is 24.4 Å². The minimum absolute atomic E-state index is 0.502. The van der Waals surface area contributed by atoms with Crippen LogP contribution in [0, 0.1) is 0 Å². The number of aliphatic hydroxyl groups excluding tert-OH is 1. The van der Waals surface area contributed by atoms with Crippen LogP contribution in [0.3, 0.4) is 0 Å². The van der Waals surface area contributed by atoms with Gasteiger partial charge in [-0.2, -0.15) is 0 Å². The van der Waals surface area contributed by atoms with Crippen molar-refractivity contribution in [1.29, 1.82) is 0 Å². The van der Waals surface area contributed by atoms with Crippen LogP contribution in [-0.2, 0) is 4.79 Å². The van der Waals surface area contributed by atoms with Gasteiger partial charge >= 0.3 is 5.97 Å². The number of hydrogen-bond acceptors (Lipinski definition) is 3. The Balaban J connectivity index is 2.35. The maximum atomic E-state index is 10.6. The molecule has 0 fully saturated rings. The Bertz CT molecular complexity index is 521. The average Bonchev–Trinajstić information content (AvgIpc) is 2.73. The summed E-state index contributed by atoms with van der Waals surface area (Å²) < 4.78 is 0. The zero-order valence-corrected chi connectivity index (χ0v) is 8.42. The molecule has 5 N–H and O–H groups in total. The van der Waals surface area contributed by atoms with E-state index in [9.17, 15) is 9.90 Å². The van der Waals surface area contributed by atoms with Gasteiger partial charge in [-0.1, -0.05) is 6.07 Å². The molecule has 0 spiro atoms. The zero-order valence-electron chi connectivity index (χ0n) is 8.42. The van der Waals surface area contributed by atoms with Gasteiger partial charge < -0.3 is 20.9 Å². The number of nitrogens with two attached hydrogens (primary N) is 1. The van der Waals surface area contributed by atoms with E-state index in [0.717, 1.165) is 10.9 Å². The number of carboxylic acid groups (broad SMARTS) is 1. The highest BCUT2D eigenvalue weighted by atomic mass is 16.4. The third kappa shape index (κ3) is 1.78. The smallest absolute Gasteiger partial charge is 0.323 e. The van der Waals surface area contributed by atoms with E-state index in [-0.39, 0.29) is 0 Å². The third-order valence-electron chi connectivity index (χ3n) is 2.54. The standard InChI is InChI=1S/C11H12N2O3/c12-9(11(15)16)10(14)7-1-2-8-6(5-7)3-4-13-8/h1-5,9-10,13-14H,12H2,(H,15,16). The largest absolute Gasteiger partial charge is 0.480 e. The number of aromatic amines is 1. The molecule has 16 heavy (non-hydrogen) atoms. The number of H-pyrrole nitrogens is 1. The van der Waals surface area contributed by atoms with Crippen molar-refractivity contribution in [3.05, 3.63) is 36.0 Å². The first kappa shape index (κ1) is 10.7. The Hall–Kier alpha value is -1.85. The highest BCUT2D eigenvalue weighted by Crippen LogP contribution is 2.21.